The molecule has 0 bridgehead atoms. The van der Waals surface area contributed by atoms with Gasteiger partial charge in [-0.1, -0.05) is 12.2 Å². The Bertz CT molecular complexity index is 156. The van der Waals surface area contributed by atoms with Crippen molar-refractivity contribution in [2.24, 2.45) is 0 Å². The lowest BCUT2D eigenvalue weighted by atomic mass is 10.2. The van der Waals surface area contributed by atoms with E-state index in [4.69, 9.17) is 4.74 Å². The highest BCUT2D eigenvalue weighted by Gasteiger charge is 2.08. The standard InChI is InChI=1S/C9H15NO2/c1-4-6-8(7-5-2)12-9(11)10-3/h4-5,8H,1-2,6-7H2,3H3,(H,10,11). The first kappa shape index (κ1) is 10.8. The van der Waals surface area contributed by atoms with Crippen LogP contribution in [0.15, 0.2) is 25.3 Å². The van der Waals surface area contributed by atoms with Gasteiger partial charge in [-0.3, -0.25) is 0 Å². The highest BCUT2D eigenvalue weighted by molar-refractivity contribution is 5.66. The average molecular weight is 169 g/mol. The van der Waals surface area contributed by atoms with E-state index < -0.39 is 6.09 Å². The smallest absolute Gasteiger partial charge is 0.407 e. The Labute approximate surface area is 73.1 Å². The molecule has 0 saturated carbocycles. The maximum Gasteiger partial charge on any atom is 0.407 e. The van der Waals surface area contributed by atoms with Crippen molar-refractivity contribution >= 4 is 6.09 Å². The molecule has 0 aliphatic rings. The number of carbonyl (C=O) groups excluding carboxylic acids is 1. The molecular formula is C9H15NO2. The monoisotopic (exact) mass is 169 g/mol. The normalized spacial score (nSPS) is 9.17. The molecule has 0 atom stereocenters. The summed E-state index contributed by atoms with van der Waals surface area (Å²) in [6.45, 7) is 7.14. The number of carbonyl (C=O) groups is 1. The van der Waals surface area contributed by atoms with E-state index in [-0.39, 0.29) is 6.10 Å². The topological polar surface area (TPSA) is 38.3 Å². The molecule has 0 heterocycles. The van der Waals surface area contributed by atoms with Crippen molar-refractivity contribution < 1.29 is 9.53 Å². The van der Waals surface area contributed by atoms with E-state index in [2.05, 4.69) is 18.5 Å². The molecule has 0 spiro atoms. The zero-order chi connectivity index (χ0) is 9.40. The van der Waals surface area contributed by atoms with Crippen molar-refractivity contribution in [3.8, 4) is 0 Å². The molecule has 1 amide bonds. The van der Waals surface area contributed by atoms with Gasteiger partial charge in [-0.15, -0.1) is 13.2 Å². The molecule has 0 aliphatic heterocycles. The third-order valence-electron chi connectivity index (χ3n) is 1.34. The van der Waals surface area contributed by atoms with E-state index in [0.29, 0.717) is 12.8 Å². The Morgan fingerprint density at radius 3 is 2.33 bits per heavy atom. The molecule has 3 nitrogen and oxygen atoms in total. The summed E-state index contributed by atoms with van der Waals surface area (Å²) in [4.78, 5) is 10.8. The zero-order valence-electron chi connectivity index (χ0n) is 7.38. The summed E-state index contributed by atoms with van der Waals surface area (Å²) in [7, 11) is 1.53. The van der Waals surface area contributed by atoms with E-state index in [1.807, 2.05) is 0 Å². The van der Waals surface area contributed by atoms with Crippen LogP contribution in [0.25, 0.3) is 0 Å². The van der Waals surface area contributed by atoms with Crippen LogP contribution in [0.2, 0.25) is 0 Å². The zero-order valence-corrected chi connectivity index (χ0v) is 7.38. The summed E-state index contributed by atoms with van der Waals surface area (Å²) in [6.07, 6.45) is 4.19. The number of rotatable bonds is 5. The van der Waals surface area contributed by atoms with Gasteiger partial charge in [-0.2, -0.15) is 0 Å². The van der Waals surface area contributed by atoms with Crippen molar-refractivity contribution in [2.75, 3.05) is 7.05 Å². The Balaban J connectivity index is 3.83. The van der Waals surface area contributed by atoms with E-state index >= 15 is 0 Å². The van der Waals surface area contributed by atoms with E-state index in [1.165, 1.54) is 7.05 Å². The number of amides is 1. The van der Waals surface area contributed by atoms with Crippen molar-refractivity contribution in [3.05, 3.63) is 25.3 Å². The third kappa shape index (κ3) is 4.55. The first-order valence-electron chi connectivity index (χ1n) is 3.84. The summed E-state index contributed by atoms with van der Waals surface area (Å²) < 4.78 is 4.99. The Kier molecular flexibility index (Phi) is 5.79. The van der Waals surface area contributed by atoms with Gasteiger partial charge >= 0.3 is 6.09 Å². The summed E-state index contributed by atoms with van der Waals surface area (Å²) in [5.74, 6) is 0. The van der Waals surface area contributed by atoms with Crippen LogP contribution in [-0.4, -0.2) is 19.2 Å². The van der Waals surface area contributed by atoms with Crippen molar-refractivity contribution in [2.45, 2.75) is 18.9 Å². The predicted octanol–water partition coefficient (Wildman–Crippen LogP) is 1.86. The lowest BCUT2D eigenvalue weighted by Gasteiger charge is -2.13. The minimum Gasteiger partial charge on any atom is -0.446 e. The maximum atomic E-state index is 10.8. The van der Waals surface area contributed by atoms with Crippen LogP contribution in [0.4, 0.5) is 4.79 Å². The lowest BCUT2D eigenvalue weighted by Crippen LogP contribution is -2.25. The number of hydrogen-bond donors (Lipinski definition) is 1. The van der Waals surface area contributed by atoms with Crippen LogP contribution in [0.5, 0.6) is 0 Å². The van der Waals surface area contributed by atoms with Gasteiger partial charge in [0.1, 0.15) is 6.10 Å². The van der Waals surface area contributed by atoms with Crippen LogP contribution >= 0.6 is 0 Å². The maximum absolute atomic E-state index is 10.8. The van der Waals surface area contributed by atoms with Gasteiger partial charge in [0.2, 0.25) is 0 Å². The molecule has 0 saturated heterocycles. The van der Waals surface area contributed by atoms with Gasteiger partial charge < -0.3 is 10.1 Å². The highest BCUT2D eigenvalue weighted by atomic mass is 16.6. The van der Waals surface area contributed by atoms with Crippen LogP contribution in [-0.2, 0) is 4.74 Å². The Hall–Kier alpha value is -1.25. The van der Waals surface area contributed by atoms with Crippen molar-refractivity contribution in [1.29, 1.82) is 0 Å². The molecule has 0 unspecified atom stereocenters. The van der Waals surface area contributed by atoms with Gasteiger partial charge in [0.15, 0.2) is 0 Å². The first-order valence-corrected chi connectivity index (χ1v) is 3.84. The van der Waals surface area contributed by atoms with Crippen LogP contribution in [0.3, 0.4) is 0 Å². The fraction of sp³-hybridized carbons (Fsp3) is 0.444. The molecule has 12 heavy (non-hydrogen) atoms. The van der Waals surface area contributed by atoms with Gasteiger partial charge in [0, 0.05) is 19.9 Å². The molecular weight excluding hydrogens is 154 g/mol. The van der Waals surface area contributed by atoms with Crippen LogP contribution in [0, 0.1) is 0 Å². The summed E-state index contributed by atoms with van der Waals surface area (Å²) in [6, 6.07) is 0. The minimum atomic E-state index is -0.413. The second kappa shape index (κ2) is 6.46. The first-order chi connectivity index (χ1) is 5.74. The molecule has 68 valence electrons. The Morgan fingerprint density at radius 2 is 2.00 bits per heavy atom. The van der Waals surface area contributed by atoms with E-state index in [9.17, 15) is 4.79 Å². The van der Waals surface area contributed by atoms with Crippen LogP contribution < -0.4 is 5.32 Å². The second-order valence-electron chi connectivity index (χ2n) is 2.33. The largest absolute Gasteiger partial charge is 0.446 e. The molecule has 3 heteroatoms. The van der Waals surface area contributed by atoms with Gasteiger partial charge in [0.25, 0.3) is 0 Å². The average Bonchev–Trinajstić information content (AvgIpc) is 2.05. The number of alkyl carbamates (subject to hydrolysis) is 1. The summed E-state index contributed by atoms with van der Waals surface area (Å²) in [5, 5.41) is 2.38. The highest BCUT2D eigenvalue weighted by Crippen LogP contribution is 2.05. The molecule has 0 aromatic carbocycles. The Morgan fingerprint density at radius 1 is 1.50 bits per heavy atom. The molecule has 0 rings (SSSR count). The van der Waals surface area contributed by atoms with Gasteiger partial charge in [-0.25, -0.2) is 4.79 Å². The summed E-state index contributed by atoms with van der Waals surface area (Å²) in [5.41, 5.74) is 0. The minimum absolute atomic E-state index is 0.139. The van der Waals surface area contributed by atoms with E-state index in [1.54, 1.807) is 12.2 Å². The van der Waals surface area contributed by atoms with Crippen molar-refractivity contribution in [1.82, 2.24) is 5.32 Å². The van der Waals surface area contributed by atoms with Gasteiger partial charge in [-0.05, 0) is 0 Å². The fourth-order valence-corrected chi connectivity index (χ4v) is 0.775. The third-order valence-corrected chi connectivity index (χ3v) is 1.34. The van der Waals surface area contributed by atoms with Crippen molar-refractivity contribution in [3.63, 3.8) is 0 Å². The van der Waals surface area contributed by atoms with E-state index in [0.717, 1.165) is 0 Å². The number of nitrogens with one attached hydrogen (secondary N) is 1. The predicted molar refractivity (Wildman–Crippen MR) is 49.0 cm³/mol. The lowest BCUT2D eigenvalue weighted by molar-refractivity contribution is 0.102. The molecule has 0 aliphatic carbocycles. The molecule has 0 fully saturated rings. The fourth-order valence-electron chi connectivity index (χ4n) is 0.775. The van der Waals surface area contributed by atoms with Crippen LogP contribution in [0.1, 0.15) is 12.8 Å². The molecule has 0 aromatic heterocycles. The quantitative estimate of drug-likeness (QED) is 0.638. The molecule has 0 aromatic rings. The number of hydrogen-bond acceptors (Lipinski definition) is 2. The SMILES string of the molecule is C=CCC(CC=C)OC(=O)NC. The molecule has 0 radical (unpaired) electrons. The second-order valence-corrected chi connectivity index (χ2v) is 2.33. The molecule has 1 N–H and O–H groups in total. The number of ether oxygens (including phenoxy) is 1. The summed E-state index contributed by atoms with van der Waals surface area (Å²) >= 11 is 0. The van der Waals surface area contributed by atoms with Gasteiger partial charge in [0.05, 0.1) is 0 Å².